The number of esters is 1. The summed E-state index contributed by atoms with van der Waals surface area (Å²) in [5.41, 5.74) is 8.84. The normalized spacial score (nSPS) is 13.8. The molecule has 2 N–H and O–H groups in total. The molecule has 8 nitrogen and oxygen atoms in total. The molecular weight excluding hydrogens is 687 g/mol. The van der Waals surface area contributed by atoms with Gasteiger partial charge in [-0.3, -0.25) is 9.97 Å². The van der Waals surface area contributed by atoms with Crippen molar-refractivity contribution in [3.8, 4) is 0 Å². The summed E-state index contributed by atoms with van der Waals surface area (Å²) >= 11 is 0. The van der Waals surface area contributed by atoms with Gasteiger partial charge in [-0.05, 0) is 125 Å². The number of methoxy groups -OCH3 is 1. The van der Waals surface area contributed by atoms with Crippen LogP contribution in [0.5, 0.6) is 0 Å². The molecule has 2 saturated carbocycles. The minimum atomic E-state index is -0.960. The number of carbonyl (C=O) groups is 2. The maximum atomic E-state index is 14.0. The molecule has 3 aromatic carbocycles. The summed E-state index contributed by atoms with van der Waals surface area (Å²) in [6.07, 6.45) is 13.1. The number of aromatic nitrogens is 4. The van der Waals surface area contributed by atoms with Crippen molar-refractivity contribution < 1.29 is 28.2 Å². The molecule has 54 heavy (non-hydrogen) atoms. The third-order valence-electron chi connectivity index (χ3n) is 10.3. The van der Waals surface area contributed by atoms with E-state index in [9.17, 15) is 23.5 Å². The van der Waals surface area contributed by atoms with E-state index in [1.807, 2.05) is 59.6 Å². The van der Waals surface area contributed by atoms with Gasteiger partial charge in [0, 0.05) is 60.3 Å². The van der Waals surface area contributed by atoms with Gasteiger partial charge in [0.25, 0.3) is 0 Å². The van der Waals surface area contributed by atoms with Crippen molar-refractivity contribution in [3.63, 3.8) is 0 Å². The number of fused-ring (bicyclic) bond motifs is 2. The number of hydrogen-bond donors (Lipinski definition) is 2. The summed E-state index contributed by atoms with van der Waals surface area (Å²) < 4.78 is 34.0. The van der Waals surface area contributed by atoms with Crippen LogP contribution in [0.3, 0.4) is 0 Å². The number of aromatic carboxylic acids is 1. The number of aromatic amines is 1. The van der Waals surface area contributed by atoms with Crippen molar-refractivity contribution in [1.29, 1.82) is 0 Å². The van der Waals surface area contributed by atoms with E-state index in [1.165, 1.54) is 32.1 Å². The monoisotopic (exact) mass is 724 g/mol. The average molecular weight is 725 g/mol. The van der Waals surface area contributed by atoms with Crippen molar-refractivity contribution in [3.05, 3.63) is 166 Å². The third kappa shape index (κ3) is 7.64. The molecule has 272 valence electrons. The van der Waals surface area contributed by atoms with E-state index in [2.05, 4.69) is 33.2 Å². The minimum Gasteiger partial charge on any atom is -0.478 e. The molecule has 0 saturated heterocycles. The van der Waals surface area contributed by atoms with Gasteiger partial charge in [-0.2, -0.15) is 0 Å². The summed E-state index contributed by atoms with van der Waals surface area (Å²) in [5, 5.41) is 11.8. The Morgan fingerprint density at radius 1 is 0.796 bits per heavy atom. The Hall–Kier alpha value is -6.16. The number of carboxylic acid groups (broad SMARTS) is 1. The Bertz CT molecular complexity index is 2530. The van der Waals surface area contributed by atoms with Gasteiger partial charge in [0.2, 0.25) is 0 Å². The van der Waals surface area contributed by atoms with Crippen LogP contribution in [0.25, 0.3) is 21.8 Å². The fraction of sp³-hybridized carbons (Fsp3) is 0.227. The van der Waals surface area contributed by atoms with Crippen LogP contribution in [-0.2, 0) is 24.1 Å². The molecule has 0 atom stereocenters. The molecule has 4 aromatic heterocycles. The van der Waals surface area contributed by atoms with Gasteiger partial charge in [-0.1, -0.05) is 18.2 Å². The quantitative estimate of drug-likeness (QED) is 0.136. The van der Waals surface area contributed by atoms with E-state index in [0.29, 0.717) is 48.0 Å². The Labute approximate surface area is 310 Å². The lowest BCUT2D eigenvalue weighted by Gasteiger charge is -2.10. The molecular formula is C44H38F2N4O4. The second kappa shape index (κ2) is 14.7. The van der Waals surface area contributed by atoms with E-state index < -0.39 is 17.6 Å². The van der Waals surface area contributed by atoms with Gasteiger partial charge in [0.1, 0.15) is 11.6 Å². The number of halogens is 2. The van der Waals surface area contributed by atoms with Gasteiger partial charge >= 0.3 is 11.9 Å². The number of benzene rings is 3. The first-order valence-electron chi connectivity index (χ1n) is 18.1. The SMILES string of the molecule is COC(=O)c1cc(C2CC2)cnc1Cc1ccc2[nH]ccc2c1.O=C(O)c1cc(C2CC2)cnc1Cc1ccc2c(ccn2Cc2ccc(F)cc2F)c1. The number of ether oxygens (including phenoxy) is 1. The Kier molecular flexibility index (Phi) is 9.50. The molecule has 0 spiro atoms. The van der Waals surface area contributed by atoms with Crippen molar-refractivity contribution in [2.45, 2.75) is 56.9 Å². The molecule has 0 bridgehead atoms. The third-order valence-corrected chi connectivity index (χ3v) is 10.3. The molecule has 0 radical (unpaired) electrons. The highest BCUT2D eigenvalue weighted by molar-refractivity contribution is 5.91. The molecule has 0 unspecified atom stereocenters. The van der Waals surface area contributed by atoms with E-state index >= 15 is 0 Å². The smallest absolute Gasteiger partial charge is 0.339 e. The first-order valence-corrected chi connectivity index (χ1v) is 18.1. The zero-order chi connectivity index (χ0) is 37.3. The van der Waals surface area contributed by atoms with Crippen LogP contribution < -0.4 is 0 Å². The molecule has 2 fully saturated rings. The van der Waals surface area contributed by atoms with Gasteiger partial charge < -0.3 is 19.4 Å². The number of hydrogen-bond acceptors (Lipinski definition) is 5. The molecule has 9 rings (SSSR count). The number of nitrogens with zero attached hydrogens (tertiary/aromatic N) is 3. The first-order chi connectivity index (χ1) is 26.2. The van der Waals surface area contributed by atoms with Crippen LogP contribution in [0.1, 0.15) is 97.4 Å². The number of H-pyrrole nitrogens is 1. The lowest BCUT2D eigenvalue weighted by molar-refractivity contribution is 0.0598. The summed E-state index contributed by atoms with van der Waals surface area (Å²) in [5.74, 6) is -1.42. The average Bonchev–Trinajstić information content (AvgIpc) is 4.11. The topological polar surface area (TPSA) is 110 Å². The molecule has 4 heterocycles. The van der Waals surface area contributed by atoms with E-state index in [4.69, 9.17) is 4.74 Å². The maximum Gasteiger partial charge on any atom is 0.339 e. The van der Waals surface area contributed by atoms with E-state index in [-0.39, 0.29) is 11.5 Å². The van der Waals surface area contributed by atoms with Crippen molar-refractivity contribution in [1.82, 2.24) is 19.5 Å². The van der Waals surface area contributed by atoms with E-state index in [0.717, 1.165) is 68.7 Å². The lowest BCUT2D eigenvalue weighted by atomic mass is 10.0. The van der Waals surface area contributed by atoms with Crippen molar-refractivity contribution in [2.75, 3.05) is 7.11 Å². The Morgan fingerprint density at radius 2 is 1.44 bits per heavy atom. The van der Waals surface area contributed by atoms with Crippen molar-refractivity contribution >= 4 is 33.7 Å². The molecule has 2 aliphatic rings. The molecule has 10 heteroatoms. The van der Waals surface area contributed by atoms with Gasteiger partial charge in [0.15, 0.2) is 0 Å². The zero-order valence-corrected chi connectivity index (χ0v) is 29.7. The van der Waals surface area contributed by atoms with Gasteiger partial charge in [0.05, 0.1) is 36.2 Å². The summed E-state index contributed by atoms with van der Waals surface area (Å²) in [6, 6.07) is 23.4. The number of carbonyl (C=O) groups excluding carboxylic acids is 1. The van der Waals surface area contributed by atoms with Crippen LogP contribution in [0.15, 0.2) is 104 Å². The maximum absolute atomic E-state index is 14.0. The predicted octanol–water partition coefficient (Wildman–Crippen LogP) is 9.35. The highest BCUT2D eigenvalue weighted by Crippen LogP contribution is 2.41. The minimum absolute atomic E-state index is 0.258. The van der Waals surface area contributed by atoms with Gasteiger partial charge in [-0.25, -0.2) is 18.4 Å². The predicted molar refractivity (Wildman–Crippen MR) is 202 cm³/mol. The van der Waals surface area contributed by atoms with Crippen LogP contribution in [0.2, 0.25) is 0 Å². The number of rotatable bonds is 10. The molecule has 0 amide bonds. The second-order valence-electron chi connectivity index (χ2n) is 14.2. The summed E-state index contributed by atoms with van der Waals surface area (Å²) in [6.45, 7) is 0.294. The van der Waals surface area contributed by atoms with Crippen molar-refractivity contribution in [2.24, 2.45) is 0 Å². The number of pyridine rings is 2. The Balaban J connectivity index is 0.000000160. The highest BCUT2D eigenvalue weighted by atomic mass is 19.1. The number of carboxylic acids is 1. The standard InChI is InChI=1S/C25H20F2N2O2.C19H18N2O2/c26-20-5-4-18(22(27)12-20)14-29-8-7-17-9-15(1-6-24(17)29)10-23-21(25(30)31)11-19(13-28-23)16-2-3-16;1-23-19(22)16-10-15(13-3-4-13)11-21-18(16)9-12-2-5-17-14(8-12)6-7-20-17/h1,4-9,11-13,16H,2-3,10,14H2,(H,30,31);2,5-8,10-11,13,20H,3-4,9H2,1H3. The lowest BCUT2D eigenvalue weighted by Crippen LogP contribution is -2.09. The van der Waals surface area contributed by atoms with Gasteiger partial charge in [-0.15, -0.1) is 0 Å². The molecule has 2 aliphatic carbocycles. The molecule has 7 aromatic rings. The zero-order valence-electron chi connectivity index (χ0n) is 29.7. The number of nitrogens with one attached hydrogen (secondary N) is 1. The largest absolute Gasteiger partial charge is 0.478 e. The Morgan fingerprint density at radius 3 is 2.09 bits per heavy atom. The second-order valence-corrected chi connectivity index (χ2v) is 14.2. The van der Waals surface area contributed by atoms with Crippen LogP contribution in [0.4, 0.5) is 8.78 Å². The molecule has 0 aliphatic heterocycles. The first kappa shape index (κ1) is 34.9. The van der Waals surface area contributed by atoms with Crippen LogP contribution in [-0.4, -0.2) is 43.7 Å². The van der Waals surface area contributed by atoms with Crippen LogP contribution in [0, 0.1) is 11.6 Å². The van der Waals surface area contributed by atoms with Crippen LogP contribution >= 0.6 is 0 Å². The fourth-order valence-corrected chi connectivity index (χ4v) is 6.98. The summed E-state index contributed by atoms with van der Waals surface area (Å²) in [4.78, 5) is 36.1. The highest BCUT2D eigenvalue weighted by Gasteiger charge is 2.27. The fourth-order valence-electron chi connectivity index (χ4n) is 6.98. The van der Waals surface area contributed by atoms with E-state index in [1.54, 1.807) is 12.3 Å². The summed E-state index contributed by atoms with van der Waals surface area (Å²) in [7, 11) is 1.42.